The monoisotopic (exact) mass is 423 g/mol. The normalized spacial score (nSPS) is 12.3. The fourth-order valence-corrected chi connectivity index (χ4v) is 4.13. The second kappa shape index (κ2) is 8.19. The number of nitrogens with zero attached hydrogens (tertiary/aromatic N) is 2. The predicted molar refractivity (Wildman–Crippen MR) is 119 cm³/mol. The molecule has 0 aliphatic heterocycles. The third-order valence-corrected chi connectivity index (χ3v) is 5.89. The summed E-state index contributed by atoms with van der Waals surface area (Å²) >= 11 is 1.23. The third-order valence-electron chi connectivity index (χ3n) is 4.94. The molecule has 0 fully saturated rings. The van der Waals surface area contributed by atoms with Gasteiger partial charge in [0.15, 0.2) is 5.16 Å². The molecule has 2 heterocycles. The number of H-pyrrole nitrogens is 2. The molecule has 0 radical (unpaired) electrons. The Balaban J connectivity index is 1.56. The molecular formula is C21H21N5O3S. The van der Waals surface area contributed by atoms with Crippen LogP contribution >= 0.6 is 11.8 Å². The number of aromatic amines is 2. The minimum atomic E-state index is -0.297. The van der Waals surface area contributed by atoms with Crippen molar-refractivity contribution in [1.82, 2.24) is 19.5 Å². The topological polar surface area (TPSA) is 113 Å². The molecule has 154 valence electrons. The number of hydrogen-bond acceptors (Lipinski definition) is 5. The van der Waals surface area contributed by atoms with E-state index in [1.54, 1.807) is 34.9 Å². The van der Waals surface area contributed by atoms with Gasteiger partial charge in [0, 0.05) is 11.7 Å². The van der Waals surface area contributed by atoms with E-state index in [2.05, 4.69) is 20.3 Å². The number of para-hydroxylation sites is 1. The van der Waals surface area contributed by atoms with Crippen LogP contribution in [0.1, 0.15) is 26.3 Å². The molecule has 3 N–H and O–H groups in total. The average Bonchev–Trinajstić information content (AvgIpc) is 3.11. The molecule has 0 bridgehead atoms. The summed E-state index contributed by atoms with van der Waals surface area (Å²) in [5.74, 6) is -0.126. The lowest BCUT2D eigenvalue weighted by Gasteiger charge is -2.18. The summed E-state index contributed by atoms with van der Waals surface area (Å²) in [6, 6.07) is 12.3. The van der Waals surface area contributed by atoms with E-state index in [-0.39, 0.29) is 29.0 Å². The van der Waals surface area contributed by atoms with Crippen molar-refractivity contribution < 1.29 is 4.79 Å². The molecule has 4 rings (SSSR count). The highest BCUT2D eigenvalue weighted by Crippen LogP contribution is 2.23. The molecule has 4 aromatic rings. The van der Waals surface area contributed by atoms with Crippen LogP contribution in [0.4, 0.5) is 5.69 Å². The highest BCUT2D eigenvalue weighted by atomic mass is 32.2. The second-order valence-corrected chi connectivity index (χ2v) is 7.96. The van der Waals surface area contributed by atoms with E-state index in [0.29, 0.717) is 32.8 Å². The summed E-state index contributed by atoms with van der Waals surface area (Å²) < 4.78 is 1.66. The van der Waals surface area contributed by atoms with Crippen molar-refractivity contribution in [3.63, 3.8) is 0 Å². The summed E-state index contributed by atoms with van der Waals surface area (Å²) in [4.78, 5) is 46.8. The summed E-state index contributed by atoms with van der Waals surface area (Å²) in [5, 5.41) is 3.91. The van der Waals surface area contributed by atoms with Gasteiger partial charge >= 0.3 is 5.69 Å². The number of benzene rings is 2. The van der Waals surface area contributed by atoms with Gasteiger partial charge in [0.2, 0.25) is 5.91 Å². The van der Waals surface area contributed by atoms with Crippen molar-refractivity contribution in [3.05, 3.63) is 63.3 Å². The Morgan fingerprint density at radius 3 is 2.73 bits per heavy atom. The van der Waals surface area contributed by atoms with Gasteiger partial charge in [-0.05, 0) is 43.7 Å². The maximum Gasteiger partial charge on any atom is 0.323 e. The minimum absolute atomic E-state index is 0.0343. The average molecular weight is 423 g/mol. The highest BCUT2D eigenvalue weighted by Gasteiger charge is 2.16. The number of rotatable bonds is 6. The summed E-state index contributed by atoms with van der Waals surface area (Å²) in [5.41, 5.74) is 2.09. The molecule has 1 amide bonds. The Labute approximate surface area is 175 Å². The maximum atomic E-state index is 13.0. The van der Waals surface area contributed by atoms with Crippen LogP contribution in [-0.2, 0) is 4.79 Å². The SMILES string of the molecule is CC[C@@H](C)n1c(SCC(=O)Nc2ccc3[nH]c(=O)[nH]c3c2)nc2ccccc2c1=O. The Hall–Kier alpha value is -3.33. The van der Waals surface area contributed by atoms with E-state index in [9.17, 15) is 14.4 Å². The molecule has 0 spiro atoms. The molecule has 0 unspecified atom stereocenters. The molecule has 8 nitrogen and oxygen atoms in total. The summed E-state index contributed by atoms with van der Waals surface area (Å²) in [6.07, 6.45) is 0.772. The lowest BCUT2D eigenvalue weighted by atomic mass is 10.2. The van der Waals surface area contributed by atoms with Crippen molar-refractivity contribution in [2.75, 3.05) is 11.1 Å². The van der Waals surface area contributed by atoms with Crippen molar-refractivity contribution >= 4 is 45.3 Å². The van der Waals surface area contributed by atoms with Crippen molar-refractivity contribution in [2.45, 2.75) is 31.5 Å². The number of fused-ring (bicyclic) bond motifs is 2. The number of imidazole rings is 1. The van der Waals surface area contributed by atoms with E-state index < -0.39 is 0 Å². The zero-order chi connectivity index (χ0) is 21.3. The zero-order valence-corrected chi connectivity index (χ0v) is 17.4. The highest BCUT2D eigenvalue weighted by molar-refractivity contribution is 7.99. The van der Waals surface area contributed by atoms with Crippen LogP contribution in [0.15, 0.2) is 57.2 Å². The van der Waals surface area contributed by atoms with Crippen LogP contribution < -0.4 is 16.6 Å². The standard InChI is InChI=1S/C21H21N5O3S/c1-3-12(2)26-19(28)14-6-4-5-7-15(14)25-21(26)30-11-18(27)22-13-8-9-16-17(10-13)24-20(29)23-16/h4-10,12H,3,11H2,1-2H3,(H,22,27)(H2,23,24,29)/t12-/m1/s1. The molecule has 9 heteroatoms. The molecule has 0 saturated carbocycles. The second-order valence-electron chi connectivity index (χ2n) is 7.02. The molecule has 0 saturated heterocycles. The Morgan fingerprint density at radius 2 is 1.93 bits per heavy atom. The van der Waals surface area contributed by atoms with E-state index in [1.165, 1.54) is 11.8 Å². The quantitative estimate of drug-likeness (QED) is 0.325. The number of carbonyl (C=O) groups is 1. The first-order chi connectivity index (χ1) is 14.5. The molecule has 2 aromatic carbocycles. The Bertz CT molecular complexity index is 1350. The Kier molecular flexibility index (Phi) is 5.45. The van der Waals surface area contributed by atoms with Crippen LogP contribution in [-0.4, -0.2) is 31.2 Å². The summed E-state index contributed by atoms with van der Waals surface area (Å²) in [6.45, 7) is 3.98. The molecule has 2 aromatic heterocycles. The van der Waals surface area contributed by atoms with Crippen LogP contribution in [0.3, 0.4) is 0 Å². The fourth-order valence-electron chi connectivity index (χ4n) is 3.24. The van der Waals surface area contributed by atoms with E-state index in [4.69, 9.17) is 0 Å². The number of carbonyl (C=O) groups excluding carboxylic acids is 1. The van der Waals surface area contributed by atoms with Gasteiger partial charge in [-0.2, -0.15) is 0 Å². The molecule has 1 atom stereocenters. The summed E-state index contributed by atoms with van der Waals surface area (Å²) in [7, 11) is 0. The molecule has 0 aliphatic carbocycles. The van der Waals surface area contributed by atoms with Crippen molar-refractivity contribution in [1.29, 1.82) is 0 Å². The zero-order valence-electron chi connectivity index (χ0n) is 16.6. The van der Waals surface area contributed by atoms with Gasteiger partial charge in [-0.25, -0.2) is 9.78 Å². The van der Waals surface area contributed by atoms with Crippen LogP contribution in [0.5, 0.6) is 0 Å². The number of nitrogens with one attached hydrogen (secondary N) is 3. The Morgan fingerprint density at radius 1 is 1.17 bits per heavy atom. The van der Waals surface area contributed by atoms with Gasteiger partial charge in [0.1, 0.15) is 0 Å². The number of thioether (sulfide) groups is 1. The minimum Gasteiger partial charge on any atom is -0.325 e. The predicted octanol–water partition coefficient (Wildman–Crippen LogP) is 3.27. The van der Waals surface area contributed by atoms with Crippen LogP contribution in [0.25, 0.3) is 21.9 Å². The smallest absolute Gasteiger partial charge is 0.323 e. The first-order valence-electron chi connectivity index (χ1n) is 9.62. The largest absolute Gasteiger partial charge is 0.325 e. The van der Waals surface area contributed by atoms with Gasteiger partial charge in [-0.15, -0.1) is 0 Å². The number of aromatic nitrogens is 4. The number of hydrogen-bond donors (Lipinski definition) is 3. The molecule has 0 aliphatic rings. The van der Waals surface area contributed by atoms with Gasteiger partial charge in [-0.1, -0.05) is 30.8 Å². The third kappa shape index (κ3) is 3.88. The lowest BCUT2D eigenvalue weighted by molar-refractivity contribution is -0.113. The lowest BCUT2D eigenvalue weighted by Crippen LogP contribution is -2.26. The molecule has 30 heavy (non-hydrogen) atoms. The van der Waals surface area contributed by atoms with Crippen molar-refractivity contribution in [2.24, 2.45) is 0 Å². The van der Waals surface area contributed by atoms with Crippen LogP contribution in [0, 0.1) is 0 Å². The first kappa shape index (κ1) is 20.0. The maximum absolute atomic E-state index is 13.0. The molecular weight excluding hydrogens is 402 g/mol. The van der Waals surface area contributed by atoms with E-state index in [1.807, 2.05) is 26.0 Å². The number of amides is 1. The first-order valence-corrected chi connectivity index (χ1v) is 10.6. The van der Waals surface area contributed by atoms with Gasteiger partial charge in [-0.3, -0.25) is 14.2 Å². The van der Waals surface area contributed by atoms with Gasteiger partial charge < -0.3 is 15.3 Å². The van der Waals surface area contributed by atoms with Gasteiger partial charge in [0.05, 0.1) is 27.7 Å². The van der Waals surface area contributed by atoms with E-state index >= 15 is 0 Å². The van der Waals surface area contributed by atoms with Crippen LogP contribution in [0.2, 0.25) is 0 Å². The van der Waals surface area contributed by atoms with Crippen molar-refractivity contribution in [3.8, 4) is 0 Å². The van der Waals surface area contributed by atoms with Gasteiger partial charge in [0.25, 0.3) is 5.56 Å². The van der Waals surface area contributed by atoms with E-state index in [0.717, 1.165) is 6.42 Å². The fraction of sp³-hybridized carbons (Fsp3) is 0.238. The number of anilines is 1.